The molecule has 1 saturated carbocycles. The van der Waals surface area contributed by atoms with Crippen LogP contribution in [0.3, 0.4) is 0 Å². The standard InChI is InChI=1S/C21H31NO2/c23-20(12-11-17-7-3-1-4-8-17)22-15-13-19(14-16-22)21(24)18-9-5-2-6-10-18/h2,5-6,9-10,17,19,21,24H,1,3-4,7-8,11-16H2. The summed E-state index contributed by atoms with van der Waals surface area (Å²) in [5.74, 6) is 1.38. The van der Waals surface area contributed by atoms with Crippen LogP contribution < -0.4 is 0 Å². The molecule has 1 unspecified atom stereocenters. The van der Waals surface area contributed by atoms with Crippen molar-refractivity contribution in [1.82, 2.24) is 4.90 Å². The summed E-state index contributed by atoms with van der Waals surface area (Å²) in [4.78, 5) is 14.5. The van der Waals surface area contributed by atoms with Gasteiger partial charge in [-0.15, -0.1) is 0 Å². The number of piperidine rings is 1. The molecule has 1 N–H and O–H groups in total. The zero-order chi connectivity index (χ0) is 16.8. The number of carbonyl (C=O) groups is 1. The smallest absolute Gasteiger partial charge is 0.222 e. The molecule has 1 heterocycles. The molecular formula is C21H31NO2. The highest BCUT2D eigenvalue weighted by Crippen LogP contribution is 2.31. The molecule has 3 rings (SSSR count). The van der Waals surface area contributed by atoms with Gasteiger partial charge in [-0.2, -0.15) is 0 Å². The molecule has 0 radical (unpaired) electrons. The maximum Gasteiger partial charge on any atom is 0.222 e. The van der Waals surface area contributed by atoms with E-state index in [9.17, 15) is 9.90 Å². The molecule has 2 aliphatic rings. The van der Waals surface area contributed by atoms with Gasteiger partial charge in [0.05, 0.1) is 6.10 Å². The maximum absolute atomic E-state index is 12.5. The number of hydrogen-bond donors (Lipinski definition) is 1. The maximum atomic E-state index is 12.5. The normalized spacial score (nSPS) is 21.6. The van der Waals surface area contributed by atoms with Gasteiger partial charge in [-0.05, 0) is 36.7 Å². The molecule has 132 valence electrons. The van der Waals surface area contributed by atoms with Crippen LogP contribution in [0, 0.1) is 11.8 Å². The van der Waals surface area contributed by atoms with Crippen molar-refractivity contribution >= 4 is 5.91 Å². The molecule has 1 aromatic carbocycles. The van der Waals surface area contributed by atoms with E-state index in [1.807, 2.05) is 35.2 Å². The van der Waals surface area contributed by atoms with E-state index in [0.29, 0.717) is 5.91 Å². The first-order chi connectivity index (χ1) is 11.7. The van der Waals surface area contributed by atoms with Crippen LogP contribution in [0.15, 0.2) is 30.3 Å². The van der Waals surface area contributed by atoms with E-state index in [2.05, 4.69) is 0 Å². The molecule has 3 heteroatoms. The van der Waals surface area contributed by atoms with Crippen molar-refractivity contribution in [1.29, 1.82) is 0 Å². The van der Waals surface area contributed by atoms with Gasteiger partial charge in [-0.25, -0.2) is 0 Å². The van der Waals surface area contributed by atoms with Crippen LogP contribution >= 0.6 is 0 Å². The number of likely N-dealkylation sites (tertiary alicyclic amines) is 1. The zero-order valence-electron chi connectivity index (χ0n) is 14.7. The van der Waals surface area contributed by atoms with Crippen molar-refractivity contribution < 1.29 is 9.90 Å². The Morgan fingerprint density at radius 2 is 1.71 bits per heavy atom. The van der Waals surface area contributed by atoms with Crippen LogP contribution in [0.25, 0.3) is 0 Å². The first-order valence-corrected chi connectivity index (χ1v) is 9.75. The lowest BCUT2D eigenvalue weighted by Gasteiger charge is -2.34. The summed E-state index contributed by atoms with van der Waals surface area (Å²) in [5, 5.41) is 10.5. The van der Waals surface area contributed by atoms with Gasteiger partial charge in [0.1, 0.15) is 0 Å². The van der Waals surface area contributed by atoms with Crippen molar-refractivity contribution in [2.24, 2.45) is 11.8 Å². The van der Waals surface area contributed by atoms with Crippen LogP contribution in [0.4, 0.5) is 0 Å². The second-order valence-electron chi connectivity index (χ2n) is 7.62. The molecular weight excluding hydrogens is 298 g/mol. The summed E-state index contributed by atoms with van der Waals surface area (Å²) >= 11 is 0. The van der Waals surface area contributed by atoms with Crippen LogP contribution in [0.1, 0.15) is 69.5 Å². The fourth-order valence-electron chi connectivity index (χ4n) is 4.35. The number of aliphatic hydroxyl groups is 1. The predicted octanol–water partition coefficient (Wildman–Crippen LogP) is 4.32. The molecule has 2 fully saturated rings. The Bertz CT molecular complexity index is 502. The van der Waals surface area contributed by atoms with E-state index in [4.69, 9.17) is 0 Å². The minimum Gasteiger partial charge on any atom is -0.388 e. The monoisotopic (exact) mass is 329 g/mol. The minimum atomic E-state index is -0.398. The van der Waals surface area contributed by atoms with Crippen LogP contribution in [0.5, 0.6) is 0 Å². The van der Waals surface area contributed by atoms with Crippen LogP contribution in [-0.2, 0) is 4.79 Å². The molecule has 24 heavy (non-hydrogen) atoms. The molecule has 0 bridgehead atoms. The molecule has 0 spiro atoms. The third-order valence-electron chi connectivity index (χ3n) is 5.97. The van der Waals surface area contributed by atoms with E-state index in [1.165, 1.54) is 32.1 Å². The quantitative estimate of drug-likeness (QED) is 0.874. The topological polar surface area (TPSA) is 40.5 Å². The van der Waals surface area contributed by atoms with Gasteiger partial charge in [-0.3, -0.25) is 4.79 Å². The van der Waals surface area contributed by atoms with Gasteiger partial charge in [0, 0.05) is 19.5 Å². The molecule has 1 amide bonds. The molecule has 1 saturated heterocycles. The molecule has 3 nitrogen and oxygen atoms in total. The van der Waals surface area contributed by atoms with Gasteiger partial charge in [0.15, 0.2) is 0 Å². The SMILES string of the molecule is O=C(CCC1CCCCC1)N1CCC(C(O)c2ccccc2)CC1. The first-order valence-electron chi connectivity index (χ1n) is 9.75. The Morgan fingerprint density at radius 1 is 1.04 bits per heavy atom. The van der Waals surface area contributed by atoms with Crippen LogP contribution in [0.2, 0.25) is 0 Å². The van der Waals surface area contributed by atoms with Crippen LogP contribution in [-0.4, -0.2) is 29.0 Å². The zero-order valence-corrected chi connectivity index (χ0v) is 14.7. The summed E-state index contributed by atoms with van der Waals surface area (Å²) in [6.45, 7) is 1.61. The number of hydrogen-bond acceptors (Lipinski definition) is 2. The number of nitrogens with zero attached hydrogens (tertiary/aromatic N) is 1. The third kappa shape index (κ3) is 4.60. The second-order valence-corrected chi connectivity index (χ2v) is 7.62. The number of amides is 1. The van der Waals surface area contributed by atoms with Crippen molar-refractivity contribution in [3.05, 3.63) is 35.9 Å². The first kappa shape index (κ1) is 17.5. The van der Waals surface area contributed by atoms with Crippen molar-refractivity contribution in [2.75, 3.05) is 13.1 Å². The van der Waals surface area contributed by atoms with E-state index in [-0.39, 0.29) is 5.92 Å². The molecule has 1 atom stereocenters. The Labute approximate surface area is 146 Å². The Kier molecular flexibility index (Phi) is 6.30. The van der Waals surface area contributed by atoms with Crippen molar-refractivity contribution in [3.63, 3.8) is 0 Å². The number of benzene rings is 1. The lowest BCUT2D eigenvalue weighted by atomic mass is 9.85. The lowest BCUT2D eigenvalue weighted by molar-refractivity contribution is -0.133. The lowest BCUT2D eigenvalue weighted by Crippen LogP contribution is -2.39. The number of rotatable bonds is 5. The fourth-order valence-corrected chi connectivity index (χ4v) is 4.35. The molecule has 0 aromatic heterocycles. The molecule has 1 aromatic rings. The Balaban J connectivity index is 1.42. The van der Waals surface area contributed by atoms with Crippen molar-refractivity contribution in [2.45, 2.75) is 63.9 Å². The van der Waals surface area contributed by atoms with Gasteiger partial charge in [-0.1, -0.05) is 62.4 Å². The van der Waals surface area contributed by atoms with Gasteiger partial charge >= 0.3 is 0 Å². The summed E-state index contributed by atoms with van der Waals surface area (Å²) in [5.41, 5.74) is 1.000. The molecule has 1 aliphatic heterocycles. The van der Waals surface area contributed by atoms with E-state index in [1.54, 1.807) is 0 Å². The highest BCUT2D eigenvalue weighted by Gasteiger charge is 2.28. The number of carbonyl (C=O) groups excluding carboxylic acids is 1. The van der Waals surface area contributed by atoms with E-state index >= 15 is 0 Å². The highest BCUT2D eigenvalue weighted by molar-refractivity contribution is 5.76. The Hall–Kier alpha value is -1.35. The average molecular weight is 329 g/mol. The summed E-state index contributed by atoms with van der Waals surface area (Å²) in [7, 11) is 0. The van der Waals surface area contributed by atoms with E-state index in [0.717, 1.165) is 50.3 Å². The highest BCUT2D eigenvalue weighted by atomic mass is 16.3. The Morgan fingerprint density at radius 3 is 2.38 bits per heavy atom. The summed E-state index contributed by atoms with van der Waals surface area (Å²) in [6.07, 6.45) is 9.92. The number of aliphatic hydroxyl groups excluding tert-OH is 1. The van der Waals surface area contributed by atoms with Gasteiger partial charge in [0.2, 0.25) is 5.91 Å². The minimum absolute atomic E-state index is 0.273. The second kappa shape index (κ2) is 8.66. The summed E-state index contributed by atoms with van der Waals surface area (Å²) < 4.78 is 0. The van der Waals surface area contributed by atoms with Crippen molar-refractivity contribution in [3.8, 4) is 0 Å². The fraction of sp³-hybridized carbons (Fsp3) is 0.667. The summed E-state index contributed by atoms with van der Waals surface area (Å²) in [6, 6.07) is 9.91. The largest absolute Gasteiger partial charge is 0.388 e. The van der Waals surface area contributed by atoms with E-state index < -0.39 is 6.10 Å². The van der Waals surface area contributed by atoms with Gasteiger partial charge in [0.25, 0.3) is 0 Å². The predicted molar refractivity (Wildman–Crippen MR) is 96.5 cm³/mol. The third-order valence-corrected chi connectivity index (χ3v) is 5.97. The molecule has 1 aliphatic carbocycles. The van der Waals surface area contributed by atoms with Gasteiger partial charge < -0.3 is 10.0 Å². The average Bonchev–Trinajstić information content (AvgIpc) is 2.67.